The van der Waals surface area contributed by atoms with Crippen molar-refractivity contribution in [3.05, 3.63) is 27.6 Å². The standard InChI is InChI=1S/C19H21ClO6S/c1-5-10-7-11(27(23)6-2)8-14(21)19(10)18(22)15-12(24-3)9-13(25-4)16(20)17(15)26-19/h8-10H,5-7H2,1-4H3/t10-,19-,27?/m1/s1. The molecule has 0 N–H and O–H groups in total. The summed E-state index contributed by atoms with van der Waals surface area (Å²) in [4.78, 5) is 27.0. The normalized spacial score (nSPS) is 25.1. The Morgan fingerprint density at radius 1 is 1.26 bits per heavy atom. The number of ether oxygens (including phenoxy) is 3. The predicted molar refractivity (Wildman–Crippen MR) is 102 cm³/mol. The molecule has 3 atom stereocenters. The number of rotatable bonds is 5. The van der Waals surface area contributed by atoms with Crippen molar-refractivity contribution in [2.24, 2.45) is 5.92 Å². The van der Waals surface area contributed by atoms with Crippen molar-refractivity contribution in [1.29, 1.82) is 0 Å². The highest BCUT2D eigenvalue weighted by Gasteiger charge is 2.61. The van der Waals surface area contributed by atoms with Crippen molar-refractivity contribution < 1.29 is 28.0 Å². The second kappa shape index (κ2) is 7.28. The van der Waals surface area contributed by atoms with Gasteiger partial charge in [0.2, 0.25) is 17.2 Å². The zero-order chi connectivity index (χ0) is 19.9. The van der Waals surface area contributed by atoms with Crippen molar-refractivity contribution in [3.8, 4) is 17.2 Å². The van der Waals surface area contributed by atoms with Gasteiger partial charge in [-0.3, -0.25) is 13.8 Å². The molecule has 1 spiro atoms. The summed E-state index contributed by atoms with van der Waals surface area (Å²) in [6.07, 6.45) is 2.15. The molecule has 27 heavy (non-hydrogen) atoms. The van der Waals surface area contributed by atoms with Gasteiger partial charge in [0.1, 0.15) is 22.1 Å². The first kappa shape index (κ1) is 19.9. The first-order chi connectivity index (χ1) is 12.8. The molecule has 8 heteroatoms. The van der Waals surface area contributed by atoms with Crippen LogP contribution in [0.15, 0.2) is 17.0 Å². The fourth-order valence-electron chi connectivity index (χ4n) is 3.71. The topological polar surface area (TPSA) is 78.9 Å². The molecule has 0 aromatic heterocycles. The van der Waals surface area contributed by atoms with Gasteiger partial charge >= 0.3 is 0 Å². The van der Waals surface area contributed by atoms with Gasteiger partial charge in [-0.05, 0) is 18.9 Å². The third-order valence-electron chi connectivity index (χ3n) is 5.15. The summed E-state index contributed by atoms with van der Waals surface area (Å²) < 4.78 is 28.8. The molecule has 1 aliphatic heterocycles. The molecule has 0 saturated heterocycles. The summed E-state index contributed by atoms with van der Waals surface area (Å²) in [5.41, 5.74) is -1.56. The van der Waals surface area contributed by atoms with Crippen molar-refractivity contribution in [3.63, 3.8) is 0 Å². The minimum absolute atomic E-state index is 0.0955. The molecule has 1 aromatic carbocycles. The number of halogens is 1. The summed E-state index contributed by atoms with van der Waals surface area (Å²) in [5, 5.41) is 0.119. The van der Waals surface area contributed by atoms with E-state index in [9.17, 15) is 13.8 Å². The molecule has 0 fully saturated rings. The van der Waals surface area contributed by atoms with Gasteiger partial charge in [0, 0.05) is 33.4 Å². The van der Waals surface area contributed by atoms with Crippen LogP contribution in [-0.4, -0.2) is 41.3 Å². The average molecular weight is 413 g/mol. The Kier molecular flexibility index (Phi) is 5.36. The van der Waals surface area contributed by atoms with Gasteiger partial charge in [0.25, 0.3) is 0 Å². The number of Topliss-reactive ketones (excluding diaryl/α,β-unsaturated/α-hetero) is 1. The van der Waals surface area contributed by atoms with Gasteiger partial charge in [-0.15, -0.1) is 0 Å². The van der Waals surface area contributed by atoms with Gasteiger partial charge in [0.15, 0.2) is 5.75 Å². The van der Waals surface area contributed by atoms with Crippen molar-refractivity contribution in [1.82, 2.24) is 0 Å². The monoisotopic (exact) mass is 412 g/mol. The third kappa shape index (κ3) is 2.79. The quantitative estimate of drug-likeness (QED) is 0.690. The molecule has 0 radical (unpaired) electrons. The van der Waals surface area contributed by atoms with Crippen LogP contribution < -0.4 is 14.2 Å². The van der Waals surface area contributed by atoms with E-state index in [1.165, 1.54) is 26.4 Å². The van der Waals surface area contributed by atoms with Crippen molar-refractivity contribution in [2.45, 2.75) is 32.3 Å². The van der Waals surface area contributed by atoms with Crippen LogP contribution in [0, 0.1) is 5.92 Å². The summed E-state index contributed by atoms with van der Waals surface area (Å²) in [5.74, 6) is -0.400. The van der Waals surface area contributed by atoms with E-state index in [-0.39, 0.29) is 27.8 Å². The van der Waals surface area contributed by atoms with Crippen LogP contribution in [0.25, 0.3) is 0 Å². The Morgan fingerprint density at radius 2 is 1.93 bits per heavy atom. The fourth-order valence-corrected chi connectivity index (χ4v) is 4.97. The van der Waals surface area contributed by atoms with Gasteiger partial charge in [0.05, 0.1) is 14.2 Å². The van der Waals surface area contributed by atoms with E-state index < -0.39 is 33.9 Å². The minimum atomic E-state index is -1.71. The van der Waals surface area contributed by atoms with E-state index >= 15 is 0 Å². The molecule has 0 amide bonds. The molecule has 6 nitrogen and oxygen atoms in total. The summed E-state index contributed by atoms with van der Waals surface area (Å²) in [6, 6.07) is 1.50. The van der Waals surface area contributed by atoms with Crippen LogP contribution in [0.1, 0.15) is 37.0 Å². The Labute approximate surface area is 165 Å². The van der Waals surface area contributed by atoms with Crippen LogP contribution in [0.4, 0.5) is 0 Å². The van der Waals surface area contributed by atoms with E-state index in [4.69, 9.17) is 25.8 Å². The lowest BCUT2D eigenvalue weighted by atomic mass is 9.73. The zero-order valence-corrected chi connectivity index (χ0v) is 17.2. The van der Waals surface area contributed by atoms with Gasteiger partial charge in [-0.25, -0.2) is 0 Å². The molecule has 0 saturated carbocycles. The molecule has 1 heterocycles. The Hall–Kier alpha value is -1.86. The Bertz CT molecular complexity index is 877. The van der Waals surface area contributed by atoms with Crippen LogP contribution in [-0.2, 0) is 15.6 Å². The number of hydrogen-bond donors (Lipinski definition) is 0. The SMILES string of the molecule is CC[C@@H]1CC(S(=O)CC)=CC(=O)[C@]12Oc1c(Cl)c(OC)cc(OC)c1C2=O. The highest BCUT2D eigenvalue weighted by atomic mass is 35.5. The largest absolute Gasteiger partial charge is 0.496 e. The second-order valence-corrected chi connectivity index (χ2v) is 8.56. The summed E-state index contributed by atoms with van der Waals surface area (Å²) in [7, 11) is 1.61. The number of hydrogen-bond acceptors (Lipinski definition) is 6. The Balaban J connectivity index is 2.19. The average Bonchev–Trinajstić information content (AvgIpc) is 2.98. The Morgan fingerprint density at radius 3 is 2.48 bits per heavy atom. The molecule has 3 rings (SSSR count). The fraction of sp³-hybridized carbons (Fsp3) is 0.474. The maximum absolute atomic E-state index is 13.4. The molecule has 1 aliphatic carbocycles. The van der Waals surface area contributed by atoms with Gasteiger partial charge in [-0.1, -0.05) is 25.4 Å². The smallest absolute Gasteiger partial charge is 0.236 e. The summed E-state index contributed by atoms with van der Waals surface area (Å²) >= 11 is 6.36. The predicted octanol–water partition coefficient (Wildman–Crippen LogP) is 3.32. The highest BCUT2D eigenvalue weighted by molar-refractivity contribution is 7.88. The maximum atomic E-state index is 13.4. The number of ketones is 2. The van der Waals surface area contributed by atoms with Crippen LogP contribution in [0.5, 0.6) is 17.2 Å². The minimum Gasteiger partial charge on any atom is -0.496 e. The molecule has 1 unspecified atom stereocenters. The zero-order valence-electron chi connectivity index (χ0n) is 15.6. The van der Waals surface area contributed by atoms with E-state index in [1.807, 2.05) is 6.92 Å². The number of carbonyl (C=O) groups excluding carboxylic acids is 2. The lowest BCUT2D eigenvalue weighted by Crippen LogP contribution is -2.55. The highest BCUT2D eigenvalue weighted by Crippen LogP contribution is 2.53. The maximum Gasteiger partial charge on any atom is 0.236 e. The molecule has 2 aliphatic rings. The number of methoxy groups -OCH3 is 2. The van der Waals surface area contributed by atoms with Gasteiger partial charge in [-0.2, -0.15) is 0 Å². The molecule has 0 bridgehead atoms. The molecule has 1 aromatic rings. The number of carbonyl (C=O) groups is 2. The summed E-state index contributed by atoms with van der Waals surface area (Å²) in [6.45, 7) is 3.66. The van der Waals surface area contributed by atoms with E-state index in [2.05, 4.69) is 0 Å². The third-order valence-corrected chi connectivity index (χ3v) is 6.90. The van der Waals surface area contributed by atoms with Gasteiger partial charge < -0.3 is 14.2 Å². The molecular formula is C19H21ClO6S. The number of benzene rings is 1. The lowest BCUT2D eigenvalue weighted by Gasteiger charge is -2.36. The van der Waals surface area contributed by atoms with E-state index in [1.54, 1.807) is 6.92 Å². The number of allylic oxidation sites excluding steroid dienone is 1. The van der Waals surface area contributed by atoms with Crippen LogP contribution in [0.2, 0.25) is 5.02 Å². The van der Waals surface area contributed by atoms with Crippen molar-refractivity contribution in [2.75, 3.05) is 20.0 Å². The lowest BCUT2D eigenvalue weighted by molar-refractivity contribution is -0.129. The molecule has 146 valence electrons. The van der Waals surface area contributed by atoms with E-state index in [0.29, 0.717) is 23.5 Å². The van der Waals surface area contributed by atoms with Crippen molar-refractivity contribution >= 4 is 34.0 Å². The first-order valence-corrected chi connectivity index (χ1v) is 10.4. The second-order valence-electron chi connectivity index (χ2n) is 6.38. The van der Waals surface area contributed by atoms with Crippen LogP contribution >= 0.6 is 11.6 Å². The first-order valence-electron chi connectivity index (χ1n) is 8.67. The number of fused-ring (bicyclic) bond motifs is 1. The molecular weight excluding hydrogens is 392 g/mol. The van der Waals surface area contributed by atoms with E-state index in [0.717, 1.165) is 0 Å². The van der Waals surface area contributed by atoms with Crippen LogP contribution in [0.3, 0.4) is 0 Å².